The van der Waals surface area contributed by atoms with Crippen LogP contribution in [0.1, 0.15) is 15.9 Å². The quantitative estimate of drug-likeness (QED) is 0.711. The van der Waals surface area contributed by atoms with Gasteiger partial charge in [-0.05, 0) is 5.56 Å². The van der Waals surface area contributed by atoms with Crippen LogP contribution in [0.5, 0.6) is 0 Å². The van der Waals surface area contributed by atoms with E-state index in [4.69, 9.17) is 5.73 Å². The van der Waals surface area contributed by atoms with Crippen molar-refractivity contribution in [2.75, 3.05) is 0 Å². The average molecular weight is 269 g/mol. The second-order valence-electron chi connectivity index (χ2n) is 4.36. The van der Waals surface area contributed by atoms with Gasteiger partial charge >= 0.3 is 0 Å². The highest BCUT2D eigenvalue weighted by Crippen LogP contribution is 2.16. The molecular formula is C13H11N5O2. The van der Waals surface area contributed by atoms with E-state index in [2.05, 4.69) is 15.4 Å². The first-order chi connectivity index (χ1) is 9.66. The molecule has 0 bridgehead atoms. The van der Waals surface area contributed by atoms with Gasteiger partial charge in [0.05, 0.1) is 5.56 Å². The van der Waals surface area contributed by atoms with E-state index in [1.807, 2.05) is 30.3 Å². The third kappa shape index (κ3) is 1.95. The molecule has 3 rings (SSSR count). The molecule has 7 heteroatoms. The molecule has 0 aliphatic heterocycles. The zero-order valence-corrected chi connectivity index (χ0v) is 10.4. The standard InChI is InChI=1S/C13H11N5O2/c14-11(19)9-7-18(6-8-4-2-1-3-5-8)12-10(9)13(20)16-17-15-12/h1-5,7H,6H2,(H2,14,19)(H,15,16,20). The van der Waals surface area contributed by atoms with Crippen LogP contribution >= 0.6 is 0 Å². The van der Waals surface area contributed by atoms with Crippen LogP contribution in [0.25, 0.3) is 11.0 Å². The Morgan fingerprint density at radius 1 is 1.30 bits per heavy atom. The van der Waals surface area contributed by atoms with Gasteiger partial charge in [0.2, 0.25) is 0 Å². The molecule has 1 aromatic carbocycles. The van der Waals surface area contributed by atoms with Crippen LogP contribution in [0, 0.1) is 0 Å². The highest BCUT2D eigenvalue weighted by molar-refractivity contribution is 6.04. The maximum Gasteiger partial charge on any atom is 0.277 e. The molecule has 100 valence electrons. The Hall–Kier alpha value is -2.96. The van der Waals surface area contributed by atoms with Crippen molar-refractivity contribution >= 4 is 16.9 Å². The number of nitrogens with one attached hydrogen (secondary N) is 1. The number of H-pyrrole nitrogens is 1. The molecule has 7 nitrogen and oxygen atoms in total. The minimum absolute atomic E-state index is 0.145. The SMILES string of the molecule is NC(=O)c1cn(Cc2ccccc2)c2nn[nH]c(=O)c12. The smallest absolute Gasteiger partial charge is 0.277 e. The molecule has 0 radical (unpaired) electrons. The van der Waals surface area contributed by atoms with Crippen molar-refractivity contribution in [1.82, 2.24) is 20.0 Å². The third-order valence-electron chi connectivity index (χ3n) is 3.03. The Labute approximate surface area is 113 Å². The fourth-order valence-electron chi connectivity index (χ4n) is 2.14. The van der Waals surface area contributed by atoms with E-state index in [9.17, 15) is 9.59 Å². The highest BCUT2D eigenvalue weighted by atomic mass is 16.1. The predicted molar refractivity (Wildman–Crippen MR) is 72.2 cm³/mol. The number of benzene rings is 1. The lowest BCUT2D eigenvalue weighted by Crippen LogP contribution is -2.16. The number of carbonyl (C=O) groups excluding carboxylic acids is 1. The number of aromatic nitrogens is 4. The molecule has 0 spiro atoms. The maximum absolute atomic E-state index is 11.8. The fraction of sp³-hybridized carbons (Fsp3) is 0.0769. The van der Waals surface area contributed by atoms with E-state index < -0.39 is 11.5 Å². The number of primary amides is 1. The van der Waals surface area contributed by atoms with Gasteiger partial charge < -0.3 is 10.3 Å². The van der Waals surface area contributed by atoms with E-state index in [1.165, 1.54) is 6.20 Å². The number of fused-ring (bicyclic) bond motifs is 1. The van der Waals surface area contributed by atoms with Gasteiger partial charge in [-0.1, -0.05) is 35.5 Å². The molecule has 20 heavy (non-hydrogen) atoms. The van der Waals surface area contributed by atoms with E-state index in [0.29, 0.717) is 12.2 Å². The molecule has 0 aliphatic carbocycles. The van der Waals surface area contributed by atoms with Crippen LogP contribution in [0.3, 0.4) is 0 Å². The number of aromatic amines is 1. The zero-order chi connectivity index (χ0) is 14.1. The number of amides is 1. The Morgan fingerprint density at radius 2 is 2.05 bits per heavy atom. The molecule has 0 saturated heterocycles. The van der Waals surface area contributed by atoms with Gasteiger partial charge in [-0.2, -0.15) is 0 Å². The molecule has 3 aromatic rings. The van der Waals surface area contributed by atoms with Gasteiger partial charge in [0.25, 0.3) is 11.5 Å². The molecule has 1 amide bonds. The Morgan fingerprint density at radius 3 is 2.75 bits per heavy atom. The summed E-state index contributed by atoms with van der Waals surface area (Å²) in [7, 11) is 0. The van der Waals surface area contributed by atoms with Crippen molar-refractivity contribution in [2.45, 2.75) is 6.54 Å². The van der Waals surface area contributed by atoms with Crippen LogP contribution in [0.4, 0.5) is 0 Å². The molecule has 2 heterocycles. The molecule has 0 aliphatic rings. The number of nitrogens with zero attached hydrogens (tertiary/aromatic N) is 3. The first-order valence-corrected chi connectivity index (χ1v) is 5.95. The first kappa shape index (κ1) is 12.1. The second kappa shape index (κ2) is 4.61. The summed E-state index contributed by atoms with van der Waals surface area (Å²) in [4.78, 5) is 23.2. The molecule has 3 N–H and O–H groups in total. The topological polar surface area (TPSA) is 107 Å². The van der Waals surface area contributed by atoms with Crippen LogP contribution in [-0.4, -0.2) is 25.9 Å². The van der Waals surface area contributed by atoms with E-state index >= 15 is 0 Å². The van der Waals surface area contributed by atoms with Crippen molar-refractivity contribution in [3.8, 4) is 0 Å². The van der Waals surface area contributed by atoms with Crippen LogP contribution in [-0.2, 0) is 6.54 Å². The van der Waals surface area contributed by atoms with Crippen LogP contribution < -0.4 is 11.3 Å². The molecule has 0 saturated carbocycles. The summed E-state index contributed by atoms with van der Waals surface area (Å²) in [5, 5.41) is 9.80. The molecule has 0 unspecified atom stereocenters. The second-order valence-corrected chi connectivity index (χ2v) is 4.36. The highest BCUT2D eigenvalue weighted by Gasteiger charge is 2.17. The van der Waals surface area contributed by atoms with Crippen molar-refractivity contribution in [3.63, 3.8) is 0 Å². The van der Waals surface area contributed by atoms with Crippen molar-refractivity contribution in [3.05, 3.63) is 58.0 Å². The van der Waals surface area contributed by atoms with Gasteiger partial charge in [0.1, 0.15) is 5.39 Å². The molecule has 0 fully saturated rings. The van der Waals surface area contributed by atoms with Gasteiger partial charge in [-0.25, -0.2) is 5.10 Å². The summed E-state index contributed by atoms with van der Waals surface area (Å²) in [5.74, 6) is -0.666. The van der Waals surface area contributed by atoms with E-state index in [-0.39, 0.29) is 10.9 Å². The first-order valence-electron chi connectivity index (χ1n) is 5.95. The van der Waals surface area contributed by atoms with Crippen molar-refractivity contribution < 1.29 is 4.79 Å². The van der Waals surface area contributed by atoms with Crippen molar-refractivity contribution in [2.24, 2.45) is 5.73 Å². The third-order valence-corrected chi connectivity index (χ3v) is 3.03. The monoisotopic (exact) mass is 269 g/mol. The van der Waals surface area contributed by atoms with Crippen molar-refractivity contribution in [1.29, 1.82) is 0 Å². The Kier molecular flexibility index (Phi) is 2.79. The zero-order valence-electron chi connectivity index (χ0n) is 10.4. The maximum atomic E-state index is 11.8. The Bertz CT molecular complexity index is 835. The molecule has 0 atom stereocenters. The lowest BCUT2D eigenvalue weighted by atomic mass is 10.2. The largest absolute Gasteiger partial charge is 0.366 e. The number of rotatable bonds is 3. The number of hydrogen-bond donors (Lipinski definition) is 2. The number of carbonyl (C=O) groups is 1. The van der Waals surface area contributed by atoms with E-state index in [1.54, 1.807) is 4.57 Å². The van der Waals surface area contributed by atoms with Crippen LogP contribution in [0.2, 0.25) is 0 Å². The normalized spacial score (nSPS) is 10.8. The summed E-state index contributed by atoms with van der Waals surface area (Å²) in [6, 6.07) is 9.62. The lowest BCUT2D eigenvalue weighted by molar-refractivity contribution is 0.100. The summed E-state index contributed by atoms with van der Waals surface area (Å²) in [5.41, 5.74) is 6.33. The number of hydrogen-bond acceptors (Lipinski definition) is 4. The minimum Gasteiger partial charge on any atom is -0.366 e. The number of nitrogens with two attached hydrogens (primary N) is 1. The predicted octanol–water partition coefficient (Wildman–Crippen LogP) is 0.267. The van der Waals surface area contributed by atoms with Gasteiger partial charge in [0.15, 0.2) is 5.65 Å². The van der Waals surface area contributed by atoms with Gasteiger partial charge in [-0.3, -0.25) is 9.59 Å². The summed E-state index contributed by atoms with van der Waals surface area (Å²) in [6.07, 6.45) is 1.53. The Balaban J connectivity index is 2.19. The van der Waals surface area contributed by atoms with Gasteiger partial charge in [-0.15, -0.1) is 5.10 Å². The summed E-state index contributed by atoms with van der Waals surface area (Å²) < 4.78 is 1.69. The molecular weight excluding hydrogens is 258 g/mol. The summed E-state index contributed by atoms with van der Waals surface area (Å²) >= 11 is 0. The van der Waals surface area contributed by atoms with Crippen LogP contribution in [0.15, 0.2) is 41.3 Å². The summed E-state index contributed by atoms with van der Waals surface area (Å²) in [6.45, 7) is 0.475. The van der Waals surface area contributed by atoms with E-state index in [0.717, 1.165) is 5.56 Å². The van der Waals surface area contributed by atoms with Gasteiger partial charge in [0, 0.05) is 12.7 Å². The lowest BCUT2D eigenvalue weighted by Gasteiger charge is -2.03. The molecule has 2 aromatic heterocycles. The average Bonchev–Trinajstić information content (AvgIpc) is 2.81. The minimum atomic E-state index is -0.666. The fourth-order valence-corrected chi connectivity index (χ4v) is 2.14.